The van der Waals surface area contributed by atoms with Crippen LogP contribution in [0.25, 0.3) is 16.2 Å². The molecule has 1 aliphatic carbocycles. The molecule has 0 fully saturated rings. The van der Waals surface area contributed by atoms with Crippen molar-refractivity contribution >= 4 is 34.6 Å². The Kier molecular flexibility index (Phi) is 2.35. The van der Waals surface area contributed by atoms with Crippen LogP contribution in [0.1, 0.15) is 22.7 Å². The van der Waals surface area contributed by atoms with Gasteiger partial charge >= 0.3 is 7.12 Å². The van der Waals surface area contributed by atoms with E-state index in [-0.39, 0.29) is 5.82 Å². The molecular weight excluding hydrogens is 219 g/mol. The Balaban J connectivity index is 2.29. The van der Waals surface area contributed by atoms with Crippen molar-refractivity contribution in [2.75, 3.05) is 0 Å². The third kappa shape index (κ3) is 1.42. The van der Waals surface area contributed by atoms with E-state index in [0.717, 1.165) is 15.8 Å². The molecule has 3 rings (SSSR count). The van der Waals surface area contributed by atoms with Gasteiger partial charge in [0.15, 0.2) is 0 Å². The van der Waals surface area contributed by atoms with E-state index in [1.165, 1.54) is 4.70 Å². The van der Waals surface area contributed by atoms with Crippen LogP contribution in [0.5, 0.6) is 0 Å². The average Bonchev–Trinajstić information content (AvgIpc) is 2.66. The molecule has 2 nitrogen and oxygen atoms in total. The molecule has 1 aromatic carbocycles. The molecule has 0 spiro atoms. The third-order valence-electron chi connectivity index (χ3n) is 3.05. The molecule has 1 heterocycles. The summed E-state index contributed by atoms with van der Waals surface area (Å²) in [6, 6.07) is 8.14. The fourth-order valence-corrected chi connectivity index (χ4v) is 3.51. The highest BCUT2D eigenvalue weighted by molar-refractivity contribution is 7.20. The monoisotopic (exact) mass is 230 g/mol. The maximum atomic E-state index is 9.43. The second-order valence-corrected chi connectivity index (χ2v) is 5.12. The number of hydrogen-bond donors (Lipinski definition) is 2. The first-order chi connectivity index (χ1) is 7.77. The smallest absolute Gasteiger partial charge is 0.427 e. The van der Waals surface area contributed by atoms with E-state index >= 15 is 0 Å². The summed E-state index contributed by atoms with van der Waals surface area (Å²) in [7, 11) is -1.28. The topological polar surface area (TPSA) is 40.5 Å². The second-order valence-electron chi connectivity index (χ2n) is 4.03. The van der Waals surface area contributed by atoms with Crippen LogP contribution in [0.2, 0.25) is 0 Å². The molecule has 2 N–H and O–H groups in total. The summed E-state index contributed by atoms with van der Waals surface area (Å²) in [5.74, 6) is -0.184. The van der Waals surface area contributed by atoms with Gasteiger partial charge in [-0.15, -0.1) is 11.3 Å². The molecule has 1 atom stereocenters. The minimum atomic E-state index is -1.28. The number of fused-ring (bicyclic) bond motifs is 3. The number of thiophene rings is 1. The van der Waals surface area contributed by atoms with Crippen molar-refractivity contribution in [1.82, 2.24) is 0 Å². The predicted molar refractivity (Wildman–Crippen MR) is 68.4 cm³/mol. The summed E-state index contributed by atoms with van der Waals surface area (Å²) in [6.07, 6.45) is 4.80. The molecule has 16 heavy (non-hydrogen) atoms. The quantitative estimate of drug-likeness (QED) is 0.738. The van der Waals surface area contributed by atoms with E-state index < -0.39 is 7.12 Å². The standard InChI is InChI=1S/C12H11BO2S/c14-13(15)9-5-3-7-11-12(9)8-4-1-2-6-10(8)16-11/h1-4,6-7,9,14-15H,5H2. The molecule has 2 aromatic rings. The number of benzene rings is 1. The first-order valence-electron chi connectivity index (χ1n) is 5.31. The number of hydrogen-bond acceptors (Lipinski definition) is 3. The molecule has 1 unspecified atom stereocenters. The predicted octanol–water partition coefficient (Wildman–Crippen LogP) is 2.41. The lowest BCUT2D eigenvalue weighted by Crippen LogP contribution is -2.24. The van der Waals surface area contributed by atoms with Crippen LogP contribution < -0.4 is 0 Å². The Bertz CT molecular complexity index is 559. The van der Waals surface area contributed by atoms with Crippen LogP contribution in [-0.2, 0) is 0 Å². The summed E-state index contributed by atoms with van der Waals surface area (Å²) in [5.41, 5.74) is 1.10. The van der Waals surface area contributed by atoms with E-state index in [1.807, 2.05) is 18.2 Å². The van der Waals surface area contributed by atoms with E-state index in [9.17, 15) is 10.0 Å². The average molecular weight is 230 g/mol. The molecule has 1 aliphatic rings. The molecule has 1 aromatic heterocycles. The van der Waals surface area contributed by atoms with Gasteiger partial charge in [-0.25, -0.2) is 0 Å². The summed E-state index contributed by atoms with van der Waals surface area (Å²) in [5, 5.41) is 20.0. The zero-order chi connectivity index (χ0) is 11.1. The van der Waals surface area contributed by atoms with Crippen LogP contribution in [0.4, 0.5) is 0 Å². The normalized spacial score (nSPS) is 18.8. The Morgan fingerprint density at radius 1 is 1.25 bits per heavy atom. The van der Waals surface area contributed by atoms with Gasteiger partial charge in [-0.2, -0.15) is 0 Å². The number of rotatable bonds is 1. The Labute approximate surface area is 98.0 Å². The SMILES string of the molecule is OB(O)C1CC=Cc2sc3ccccc3c21. The highest BCUT2D eigenvalue weighted by Crippen LogP contribution is 2.41. The summed E-state index contributed by atoms with van der Waals surface area (Å²) >= 11 is 1.71. The Hall–Kier alpha value is -1.10. The molecule has 0 bridgehead atoms. The summed E-state index contributed by atoms with van der Waals surface area (Å²) < 4.78 is 1.21. The zero-order valence-corrected chi connectivity index (χ0v) is 9.45. The van der Waals surface area contributed by atoms with Gasteiger partial charge in [0, 0.05) is 15.4 Å². The van der Waals surface area contributed by atoms with E-state index in [0.29, 0.717) is 6.42 Å². The maximum Gasteiger partial charge on any atom is 0.459 e. The highest BCUT2D eigenvalue weighted by Gasteiger charge is 2.30. The third-order valence-corrected chi connectivity index (χ3v) is 4.20. The van der Waals surface area contributed by atoms with Crippen molar-refractivity contribution in [3.8, 4) is 0 Å². The van der Waals surface area contributed by atoms with Crippen molar-refractivity contribution < 1.29 is 10.0 Å². The van der Waals surface area contributed by atoms with Gasteiger partial charge in [0.1, 0.15) is 0 Å². The number of allylic oxidation sites excluding steroid dienone is 1. The van der Waals surface area contributed by atoms with E-state index in [1.54, 1.807) is 11.3 Å². The molecule has 0 saturated carbocycles. The maximum absolute atomic E-state index is 9.43. The van der Waals surface area contributed by atoms with Crippen LogP contribution in [0.3, 0.4) is 0 Å². The fraction of sp³-hybridized carbons (Fsp3) is 0.167. The van der Waals surface area contributed by atoms with Crippen molar-refractivity contribution in [2.24, 2.45) is 0 Å². The van der Waals surface area contributed by atoms with Crippen LogP contribution in [0, 0.1) is 0 Å². The van der Waals surface area contributed by atoms with Crippen molar-refractivity contribution in [1.29, 1.82) is 0 Å². The zero-order valence-electron chi connectivity index (χ0n) is 8.63. The minimum Gasteiger partial charge on any atom is -0.427 e. The van der Waals surface area contributed by atoms with Gasteiger partial charge in [-0.1, -0.05) is 24.3 Å². The van der Waals surface area contributed by atoms with Gasteiger partial charge < -0.3 is 10.0 Å². The molecule has 4 heteroatoms. The van der Waals surface area contributed by atoms with Crippen molar-refractivity contribution in [3.05, 3.63) is 40.8 Å². The Morgan fingerprint density at radius 3 is 2.88 bits per heavy atom. The van der Waals surface area contributed by atoms with Gasteiger partial charge in [0.05, 0.1) is 0 Å². The van der Waals surface area contributed by atoms with Crippen molar-refractivity contribution in [2.45, 2.75) is 12.2 Å². The van der Waals surface area contributed by atoms with Crippen molar-refractivity contribution in [3.63, 3.8) is 0 Å². The largest absolute Gasteiger partial charge is 0.459 e. The van der Waals surface area contributed by atoms with Crippen LogP contribution in [0.15, 0.2) is 30.3 Å². The molecule has 0 radical (unpaired) electrons. The van der Waals surface area contributed by atoms with Crippen LogP contribution >= 0.6 is 11.3 Å². The first kappa shape index (κ1) is 10.1. The van der Waals surface area contributed by atoms with E-state index in [2.05, 4.69) is 18.2 Å². The lowest BCUT2D eigenvalue weighted by atomic mass is 9.65. The van der Waals surface area contributed by atoms with Gasteiger partial charge in [0.2, 0.25) is 0 Å². The van der Waals surface area contributed by atoms with Crippen LogP contribution in [-0.4, -0.2) is 17.2 Å². The van der Waals surface area contributed by atoms with Gasteiger partial charge in [-0.3, -0.25) is 0 Å². The molecule has 0 amide bonds. The van der Waals surface area contributed by atoms with E-state index in [4.69, 9.17) is 0 Å². The molecule has 0 aliphatic heterocycles. The fourth-order valence-electron chi connectivity index (χ4n) is 2.30. The lowest BCUT2D eigenvalue weighted by molar-refractivity contribution is 0.387. The summed E-state index contributed by atoms with van der Waals surface area (Å²) in [4.78, 5) is 1.16. The summed E-state index contributed by atoms with van der Waals surface area (Å²) in [6.45, 7) is 0. The second kappa shape index (κ2) is 3.73. The lowest BCUT2D eigenvalue weighted by Gasteiger charge is -2.18. The van der Waals surface area contributed by atoms with Gasteiger partial charge in [-0.05, 0) is 29.5 Å². The highest BCUT2D eigenvalue weighted by atomic mass is 32.1. The Morgan fingerprint density at radius 2 is 2.06 bits per heavy atom. The molecule has 80 valence electrons. The molecular formula is C12H11BO2S. The first-order valence-corrected chi connectivity index (χ1v) is 6.13. The minimum absolute atomic E-state index is 0.184. The molecule has 0 saturated heterocycles. The van der Waals surface area contributed by atoms with Gasteiger partial charge in [0.25, 0.3) is 0 Å².